The standard InChI is InChI=1S/C12H19NO5S2/c1-3-8(4-2)10(14)6-13-20(17,18)11-5-9(7-19-11)12(15)16/h5,7-8,10,13-14H,3-4,6H2,1-2H3,(H,15,16). The van der Waals surface area contributed by atoms with Crippen LogP contribution in [0.5, 0.6) is 0 Å². The van der Waals surface area contributed by atoms with Crippen LogP contribution < -0.4 is 4.72 Å². The molecule has 0 radical (unpaired) electrons. The highest BCUT2D eigenvalue weighted by Gasteiger charge is 2.22. The van der Waals surface area contributed by atoms with E-state index in [0.717, 1.165) is 30.2 Å². The van der Waals surface area contributed by atoms with Gasteiger partial charge in [0, 0.05) is 11.9 Å². The van der Waals surface area contributed by atoms with Crippen molar-refractivity contribution in [3.8, 4) is 0 Å². The zero-order valence-electron chi connectivity index (χ0n) is 11.4. The number of aliphatic hydroxyl groups excluding tert-OH is 1. The topological polar surface area (TPSA) is 104 Å². The van der Waals surface area contributed by atoms with Crippen LogP contribution in [0.25, 0.3) is 0 Å². The van der Waals surface area contributed by atoms with Gasteiger partial charge in [0.25, 0.3) is 0 Å². The lowest BCUT2D eigenvalue weighted by atomic mass is 9.97. The van der Waals surface area contributed by atoms with Crippen LogP contribution in [0.1, 0.15) is 37.0 Å². The average Bonchev–Trinajstić information content (AvgIpc) is 2.88. The molecule has 1 atom stereocenters. The van der Waals surface area contributed by atoms with Gasteiger partial charge in [-0.25, -0.2) is 17.9 Å². The van der Waals surface area contributed by atoms with Crippen molar-refractivity contribution in [2.75, 3.05) is 6.54 Å². The Labute approximate surface area is 122 Å². The molecule has 1 aromatic rings. The van der Waals surface area contributed by atoms with E-state index in [9.17, 15) is 18.3 Å². The maximum atomic E-state index is 12.0. The first kappa shape index (κ1) is 17.1. The van der Waals surface area contributed by atoms with Gasteiger partial charge in [-0.1, -0.05) is 26.7 Å². The molecule has 0 aliphatic carbocycles. The zero-order chi connectivity index (χ0) is 15.3. The second kappa shape index (κ2) is 7.16. The fourth-order valence-corrected chi connectivity index (χ4v) is 4.08. The lowest BCUT2D eigenvalue weighted by Gasteiger charge is -2.20. The normalized spacial score (nSPS) is 13.6. The molecule has 1 unspecified atom stereocenters. The number of thiophene rings is 1. The summed E-state index contributed by atoms with van der Waals surface area (Å²) in [7, 11) is -3.77. The molecule has 0 saturated carbocycles. The number of aliphatic hydroxyl groups is 1. The van der Waals surface area contributed by atoms with Gasteiger partial charge in [-0.05, 0) is 12.0 Å². The molecule has 0 spiro atoms. The minimum absolute atomic E-state index is 0.0376. The van der Waals surface area contributed by atoms with Crippen molar-refractivity contribution < 1.29 is 23.4 Å². The van der Waals surface area contributed by atoms with Crippen LogP contribution in [0.4, 0.5) is 0 Å². The minimum Gasteiger partial charge on any atom is -0.478 e. The quantitative estimate of drug-likeness (QED) is 0.673. The number of hydrogen-bond donors (Lipinski definition) is 3. The predicted molar refractivity (Wildman–Crippen MR) is 76.5 cm³/mol. The molecule has 1 aromatic heterocycles. The van der Waals surface area contributed by atoms with Crippen molar-refractivity contribution in [1.82, 2.24) is 4.72 Å². The Morgan fingerprint density at radius 1 is 1.40 bits per heavy atom. The summed E-state index contributed by atoms with van der Waals surface area (Å²) in [5, 5.41) is 19.9. The Hall–Kier alpha value is -0.960. The van der Waals surface area contributed by atoms with Crippen molar-refractivity contribution in [3.63, 3.8) is 0 Å². The molecule has 0 saturated heterocycles. The molecule has 0 aliphatic rings. The van der Waals surface area contributed by atoms with Crippen LogP contribution in [0.15, 0.2) is 15.7 Å². The number of rotatable bonds is 8. The van der Waals surface area contributed by atoms with Gasteiger partial charge < -0.3 is 10.2 Å². The molecule has 1 heterocycles. The molecule has 0 fully saturated rings. The zero-order valence-corrected chi connectivity index (χ0v) is 13.0. The summed E-state index contributed by atoms with van der Waals surface area (Å²) in [6.45, 7) is 3.80. The molecular formula is C12H19NO5S2. The van der Waals surface area contributed by atoms with E-state index in [4.69, 9.17) is 5.11 Å². The highest BCUT2D eigenvalue weighted by molar-refractivity contribution is 7.91. The van der Waals surface area contributed by atoms with E-state index < -0.39 is 22.1 Å². The van der Waals surface area contributed by atoms with Gasteiger partial charge in [-0.15, -0.1) is 11.3 Å². The van der Waals surface area contributed by atoms with E-state index in [1.54, 1.807) is 0 Å². The van der Waals surface area contributed by atoms with E-state index in [1.165, 1.54) is 5.38 Å². The van der Waals surface area contributed by atoms with Gasteiger partial charge in [0.2, 0.25) is 10.0 Å². The van der Waals surface area contributed by atoms with Gasteiger partial charge >= 0.3 is 5.97 Å². The molecular weight excluding hydrogens is 302 g/mol. The highest BCUT2D eigenvalue weighted by Crippen LogP contribution is 2.20. The largest absolute Gasteiger partial charge is 0.478 e. The van der Waals surface area contributed by atoms with E-state index in [1.807, 2.05) is 13.8 Å². The van der Waals surface area contributed by atoms with Crippen LogP contribution in [0.3, 0.4) is 0 Å². The molecule has 20 heavy (non-hydrogen) atoms. The molecule has 6 nitrogen and oxygen atoms in total. The summed E-state index contributed by atoms with van der Waals surface area (Å²) in [4.78, 5) is 10.7. The van der Waals surface area contributed by atoms with Gasteiger partial charge in [-0.3, -0.25) is 0 Å². The highest BCUT2D eigenvalue weighted by atomic mass is 32.2. The lowest BCUT2D eigenvalue weighted by Crippen LogP contribution is -2.35. The number of aromatic carboxylic acids is 1. The van der Waals surface area contributed by atoms with Crippen molar-refractivity contribution in [1.29, 1.82) is 0 Å². The second-order valence-corrected chi connectivity index (χ2v) is 7.36. The number of hydrogen-bond acceptors (Lipinski definition) is 5. The summed E-state index contributed by atoms with van der Waals surface area (Å²) >= 11 is 0.843. The summed E-state index contributed by atoms with van der Waals surface area (Å²) in [6.07, 6.45) is 0.780. The molecule has 0 aromatic carbocycles. The summed E-state index contributed by atoms with van der Waals surface area (Å²) in [5.74, 6) is -1.13. The Morgan fingerprint density at radius 3 is 2.45 bits per heavy atom. The van der Waals surface area contributed by atoms with E-state index in [0.29, 0.717) is 0 Å². The molecule has 3 N–H and O–H groups in total. The monoisotopic (exact) mass is 321 g/mol. The van der Waals surface area contributed by atoms with Gasteiger partial charge in [0.15, 0.2) is 0 Å². The van der Waals surface area contributed by atoms with E-state index in [-0.39, 0.29) is 22.2 Å². The number of carboxylic acid groups (broad SMARTS) is 1. The second-order valence-electron chi connectivity index (χ2n) is 4.46. The maximum Gasteiger partial charge on any atom is 0.336 e. The number of nitrogens with one attached hydrogen (secondary N) is 1. The first-order valence-electron chi connectivity index (χ1n) is 6.31. The SMILES string of the molecule is CCC(CC)C(O)CNS(=O)(=O)c1cc(C(=O)O)cs1. The number of sulfonamides is 1. The van der Waals surface area contributed by atoms with Crippen LogP contribution in [0.2, 0.25) is 0 Å². The minimum atomic E-state index is -3.77. The third-order valence-corrected chi connectivity index (χ3v) is 6.03. The fourth-order valence-electron chi connectivity index (χ4n) is 1.84. The van der Waals surface area contributed by atoms with Gasteiger partial charge in [0.1, 0.15) is 4.21 Å². The van der Waals surface area contributed by atoms with Gasteiger partial charge in [-0.2, -0.15) is 0 Å². The Bertz CT molecular complexity index is 548. The van der Waals surface area contributed by atoms with Crippen molar-refractivity contribution in [2.45, 2.75) is 37.0 Å². The van der Waals surface area contributed by atoms with Gasteiger partial charge in [0.05, 0.1) is 11.7 Å². The first-order valence-corrected chi connectivity index (χ1v) is 8.67. The predicted octanol–water partition coefficient (Wildman–Crippen LogP) is 1.52. The Balaban J connectivity index is 2.72. The number of carboxylic acids is 1. The third-order valence-electron chi connectivity index (χ3n) is 3.16. The van der Waals surface area contributed by atoms with Crippen molar-refractivity contribution >= 4 is 27.3 Å². The molecule has 0 aliphatic heterocycles. The molecule has 0 amide bonds. The van der Waals surface area contributed by atoms with E-state index in [2.05, 4.69) is 4.72 Å². The lowest BCUT2D eigenvalue weighted by molar-refractivity contribution is 0.0697. The fraction of sp³-hybridized carbons (Fsp3) is 0.583. The average molecular weight is 321 g/mol. The van der Waals surface area contributed by atoms with Crippen molar-refractivity contribution in [2.24, 2.45) is 5.92 Å². The Morgan fingerprint density at radius 2 is 2.00 bits per heavy atom. The first-order chi connectivity index (χ1) is 9.31. The van der Waals surface area contributed by atoms with Crippen LogP contribution in [-0.4, -0.2) is 37.2 Å². The molecule has 1 rings (SSSR count). The number of carbonyl (C=O) groups is 1. The van der Waals surface area contributed by atoms with E-state index >= 15 is 0 Å². The van der Waals surface area contributed by atoms with Crippen LogP contribution >= 0.6 is 11.3 Å². The summed E-state index contributed by atoms with van der Waals surface area (Å²) in [5.41, 5.74) is -0.0593. The summed E-state index contributed by atoms with van der Waals surface area (Å²) < 4.78 is 26.2. The molecule has 114 valence electrons. The molecule has 8 heteroatoms. The van der Waals surface area contributed by atoms with Crippen LogP contribution in [0, 0.1) is 5.92 Å². The Kier molecular flexibility index (Phi) is 6.12. The molecule has 0 bridgehead atoms. The van der Waals surface area contributed by atoms with Crippen molar-refractivity contribution in [3.05, 3.63) is 17.0 Å². The maximum absolute atomic E-state index is 12.0. The van der Waals surface area contributed by atoms with Crippen LogP contribution in [-0.2, 0) is 10.0 Å². The smallest absolute Gasteiger partial charge is 0.336 e. The summed E-state index contributed by atoms with van der Waals surface area (Å²) in [6, 6.07) is 1.11. The third kappa shape index (κ3) is 4.27.